The first-order chi connectivity index (χ1) is 9.42. The van der Waals surface area contributed by atoms with Crippen LogP contribution in [0.5, 0.6) is 0 Å². The maximum atomic E-state index is 5.25. The van der Waals surface area contributed by atoms with Crippen molar-refractivity contribution in [3.8, 4) is 11.6 Å². The molecule has 100 valence electrons. The minimum atomic E-state index is 0.473. The lowest BCUT2D eigenvalue weighted by Gasteiger charge is -2.21. The zero-order valence-corrected chi connectivity index (χ0v) is 10.7. The third-order valence-corrected chi connectivity index (χ3v) is 3.46. The summed E-state index contributed by atoms with van der Waals surface area (Å²) < 4.78 is 5.25. The first-order valence-corrected chi connectivity index (χ1v) is 6.72. The topological polar surface area (TPSA) is 76.7 Å². The zero-order valence-electron chi connectivity index (χ0n) is 10.7. The van der Waals surface area contributed by atoms with Crippen molar-refractivity contribution in [2.75, 3.05) is 13.1 Å². The molecule has 0 amide bonds. The van der Waals surface area contributed by atoms with Gasteiger partial charge >= 0.3 is 0 Å². The molecule has 0 aromatic carbocycles. The molecule has 3 rings (SSSR count). The average Bonchev–Trinajstić information content (AvgIpc) is 2.96. The normalized spacial score (nSPS) is 16.6. The van der Waals surface area contributed by atoms with Gasteiger partial charge in [0, 0.05) is 18.8 Å². The highest BCUT2D eigenvalue weighted by molar-refractivity contribution is 5.40. The number of aryl methyl sites for hydroxylation is 1. The van der Waals surface area contributed by atoms with E-state index in [0.717, 1.165) is 31.8 Å². The van der Waals surface area contributed by atoms with E-state index < -0.39 is 0 Å². The second kappa shape index (κ2) is 5.88. The largest absolute Gasteiger partial charge is 0.339 e. The molecule has 0 bridgehead atoms. The Kier molecular flexibility index (Phi) is 3.78. The van der Waals surface area contributed by atoms with Crippen LogP contribution >= 0.6 is 0 Å². The van der Waals surface area contributed by atoms with Gasteiger partial charge in [-0.3, -0.25) is 0 Å². The van der Waals surface area contributed by atoms with Crippen molar-refractivity contribution < 1.29 is 4.52 Å². The Labute approximate surface area is 111 Å². The van der Waals surface area contributed by atoms with Crippen LogP contribution in [0.4, 0.5) is 0 Å². The summed E-state index contributed by atoms with van der Waals surface area (Å²) >= 11 is 0. The lowest BCUT2D eigenvalue weighted by atomic mass is 9.93. The van der Waals surface area contributed by atoms with Gasteiger partial charge in [0.1, 0.15) is 0 Å². The first-order valence-electron chi connectivity index (χ1n) is 6.72. The van der Waals surface area contributed by atoms with Gasteiger partial charge in [0.15, 0.2) is 0 Å². The predicted octanol–water partition coefficient (Wildman–Crippen LogP) is 1.46. The minimum Gasteiger partial charge on any atom is -0.339 e. The standard InChI is InChI=1S/C13H17N5O/c1-6-15-12(16-7-1)13-17-11(19-18-13)3-2-10-4-8-14-9-5-10/h1,6-7,10,14H,2-5,8-9H2. The molecular weight excluding hydrogens is 242 g/mol. The monoisotopic (exact) mass is 259 g/mol. The van der Waals surface area contributed by atoms with Crippen molar-refractivity contribution in [1.29, 1.82) is 0 Å². The van der Waals surface area contributed by atoms with Crippen LogP contribution in [0.3, 0.4) is 0 Å². The Morgan fingerprint density at radius 2 is 1.95 bits per heavy atom. The Morgan fingerprint density at radius 1 is 1.16 bits per heavy atom. The lowest BCUT2D eigenvalue weighted by Crippen LogP contribution is -2.27. The molecule has 6 nitrogen and oxygen atoms in total. The van der Waals surface area contributed by atoms with Gasteiger partial charge in [0.05, 0.1) is 0 Å². The maximum Gasteiger partial charge on any atom is 0.240 e. The number of hydrogen-bond donors (Lipinski definition) is 1. The van der Waals surface area contributed by atoms with Crippen LogP contribution in [0, 0.1) is 5.92 Å². The summed E-state index contributed by atoms with van der Waals surface area (Å²) in [6.45, 7) is 2.25. The molecule has 2 aromatic rings. The fourth-order valence-electron chi connectivity index (χ4n) is 2.36. The van der Waals surface area contributed by atoms with Crippen LogP contribution in [-0.4, -0.2) is 33.2 Å². The molecule has 1 aliphatic heterocycles. The van der Waals surface area contributed by atoms with Crippen molar-refractivity contribution >= 4 is 0 Å². The molecule has 0 aliphatic carbocycles. The summed E-state index contributed by atoms with van der Waals surface area (Å²) in [5.74, 6) is 2.44. The van der Waals surface area contributed by atoms with Crippen LogP contribution in [-0.2, 0) is 6.42 Å². The van der Waals surface area contributed by atoms with E-state index in [4.69, 9.17) is 4.52 Å². The molecule has 3 heterocycles. The fraction of sp³-hybridized carbons (Fsp3) is 0.538. The number of piperidine rings is 1. The van der Waals surface area contributed by atoms with Crippen LogP contribution in [0.2, 0.25) is 0 Å². The predicted molar refractivity (Wildman–Crippen MR) is 69.2 cm³/mol. The van der Waals surface area contributed by atoms with Crippen molar-refractivity contribution in [3.05, 3.63) is 24.4 Å². The van der Waals surface area contributed by atoms with Crippen molar-refractivity contribution in [1.82, 2.24) is 25.4 Å². The molecule has 1 fully saturated rings. The minimum absolute atomic E-state index is 0.473. The number of hydrogen-bond acceptors (Lipinski definition) is 6. The molecule has 0 spiro atoms. The molecular formula is C13H17N5O. The SMILES string of the molecule is c1cnc(-c2noc(CCC3CCNCC3)n2)nc1. The van der Waals surface area contributed by atoms with E-state index in [0.29, 0.717) is 17.5 Å². The van der Waals surface area contributed by atoms with Crippen LogP contribution in [0.15, 0.2) is 23.0 Å². The van der Waals surface area contributed by atoms with Gasteiger partial charge in [0.25, 0.3) is 0 Å². The van der Waals surface area contributed by atoms with E-state index in [9.17, 15) is 0 Å². The Hall–Kier alpha value is -1.82. The fourth-order valence-corrected chi connectivity index (χ4v) is 2.36. The van der Waals surface area contributed by atoms with E-state index >= 15 is 0 Å². The highest BCUT2D eigenvalue weighted by atomic mass is 16.5. The molecule has 1 N–H and O–H groups in total. The quantitative estimate of drug-likeness (QED) is 0.895. The molecule has 2 aromatic heterocycles. The van der Waals surface area contributed by atoms with E-state index in [1.54, 1.807) is 18.5 Å². The van der Waals surface area contributed by atoms with Crippen molar-refractivity contribution in [3.63, 3.8) is 0 Å². The van der Waals surface area contributed by atoms with E-state index in [1.165, 1.54) is 12.8 Å². The highest BCUT2D eigenvalue weighted by Crippen LogP contribution is 2.19. The van der Waals surface area contributed by atoms with Crippen molar-refractivity contribution in [2.45, 2.75) is 25.7 Å². The summed E-state index contributed by atoms with van der Waals surface area (Å²) in [6.07, 6.45) is 7.77. The van der Waals surface area contributed by atoms with E-state index in [1.807, 2.05) is 0 Å². The summed E-state index contributed by atoms with van der Waals surface area (Å²) in [5.41, 5.74) is 0. The number of aromatic nitrogens is 4. The summed E-state index contributed by atoms with van der Waals surface area (Å²) in [5, 5.41) is 7.30. The van der Waals surface area contributed by atoms with Gasteiger partial charge < -0.3 is 9.84 Å². The molecule has 6 heteroatoms. The van der Waals surface area contributed by atoms with Gasteiger partial charge in [-0.1, -0.05) is 5.16 Å². The molecule has 1 saturated heterocycles. The summed E-state index contributed by atoms with van der Waals surface area (Å²) in [6, 6.07) is 1.77. The first kappa shape index (κ1) is 12.2. The molecule has 0 saturated carbocycles. The molecule has 0 unspecified atom stereocenters. The van der Waals surface area contributed by atoms with Crippen molar-refractivity contribution in [2.24, 2.45) is 5.92 Å². The van der Waals surface area contributed by atoms with Gasteiger partial charge in [-0.05, 0) is 44.3 Å². The third-order valence-electron chi connectivity index (χ3n) is 3.46. The second-order valence-corrected chi connectivity index (χ2v) is 4.82. The lowest BCUT2D eigenvalue weighted by molar-refractivity contribution is 0.324. The molecule has 19 heavy (non-hydrogen) atoms. The number of nitrogens with zero attached hydrogens (tertiary/aromatic N) is 4. The van der Waals surface area contributed by atoms with Gasteiger partial charge in [-0.2, -0.15) is 4.98 Å². The summed E-state index contributed by atoms with van der Waals surface area (Å²) in [7, 11) is 0. The van der Waals surface area contributed by atoms with E-state index in [2.05, 4.69) is 25.4 Å². The van der Waals surface area contributed by atoms with E-state index in [-0.39, 0.29) is 0 Å². The number of nitrogens with one attached hydrogen (secondary N) is 1. The zero-order chi connectivity index (χ0) is 12.9. The smallest absolute Gasteiger partial charge is 0.240 e. The Morgan fingerprint density at radius 3 is 2.74 bits per heavy atom. The van der Waals surface area contributed by atoms with Crippen LogP contribution in [0.25, 0.3) is 11.6 Å². The number of rotatable bonds is 4. The highest BCUT2D eigenvalue weighted by Gasteiger charge is 2.15. The van der Waals surface area contributed by atoms with Crippen LogP contribution < -0.4 is 5.32 Å². The molecule has 1 aliphatic rings. The molecule has 0 atom stereocenters. The Bertz CT molecular complexity index is 507. The van der Waals surface area contributed by atoms with Gasteiger partial charge in [-0.25, -0.2) is 9.97 Å². The second-order valence-electron chi connectivity index (χ2n) is 4.82. The Balaban J connectivity index is 1.59. The molecule has 0 radical (unpaired) electrons. The summed E-state index contributed by atoms with van der Waals surface area (Å²) in [4.78, 5) is 12.6. The van der Waals surface area contributed by atoms with Gasteiger partial charge in [0.2, 0.25) is 17.5 Å². The third kappa shape index (κ3) is 3.14. The van der Waals surface area contributed by atoms with Crippen LogP contribution in [0.1, 0.15) is 25.2 Å². The average molecular weight is 259 g/mol. The maximum absolute atomic E-state index is 5.25. The van der Waals surface area contributed by atoms with Gasteiger partial charge in [-0.15, -0.1) is 0 Å².